The minimum absolute atomic E-state index is 0.0280. The number of carbonyl (C=O) groups is 2. The summed E-state index contributed by atoms with van der Waals surface area (Å²) >= 11 is 0. The second-order valence-electron chi connectivity index (χ2n) is 6.12. The number of unbranched alkanes of at least 4 members (excludes halogenated alkanes) is 8. The summed E-state index contributed by atoms with van der Waals surface area (Å²) in [5.74, 6) is -0.638. The number of hydrogen-bond donors (Lipinski definition) is 5. The van der Waals surface area contributed by atoms with Crippen LogP contribution in [0.5, 0.6) is 0 Å². The highest BCUT2D eigenvalue weighted by molar-refractivity contribution is 5.75. The lowest BCUT2D eigenvalue weighted by atomic mass is 10.1. The van der Waals surface area contributed by atoms with Crippen molar-refractivity contribution in [3.8, 4) is 0 Å². The second-order valence-corrected chi connectivity index (χ2v) is 6.12. The molecular formula is C17H34N4O3. The Balaban J connectivity index is 3.19. The number of hydrogen-bond acceptors (Lipinski definition) is 3. The molecule has 0 aromatic carbocycles. The van der Waals surface area contributed by atoms with E-state index in [0.717, 1.165) is 51.5 Å². The largest absolute Gasteiger partial charge is 0.481 e. The molecule has 7 nitrogen and oxygen atoms in total. The first kappa shape index (κ1) is 22.2. The van der Waals surface area contributed by atoms with Gasteiger partial charge in [0.25, 0.3) is 0 Å². The number of amides is 1. The topological polar surface area (TPSA) is 128 Å². The molecule has 0 unspecified atom stereocenters. The molecule has 1 amide bonds. The molecule has 0 rings (SSSR count). The molecule has 6 N–H and O–H groups in total. The summed E-state index contributed by atoms with van der Waals surface area (Å²) < 4.78 is 0. The number of aliphatic carboxylic acids is 1. The predicted molar refractivity (Wildman–Crippen MR) is 96.0 cm³/mol. The second kappa shape index (κ2) is 16.1. The minimum Gasteiger partial charge on any atom is -0.481 e. The van der Waals surface area contributed by atoms with E-state index in [2.05, 4.69) is 10.6 Å². The molecule has 24 heavy (non-hydrogen) atoms. The zero-order valence-electron chi connectivity index (χ0n) is 14.7. The summed E-state index contributed by atoms with van der Waals surface area (Å²) in [6, 6.07) is 0. The van der Waals surface area contributed by atoms with Crippen molar-refractivity contribution in [2.75, 3.05) is 13.1 Å². The van der Waals surface area contributed by atoms with Gasteiger partial charge in [-0.25, -0.2) is 0 Å². The van der Waals surface area contributed by atoms with Crippen LogP contribution in [0.1, 0.15) is 77.0 Å². The van der Waals surface area contributed by atoms with Gasteiger partial charge in [-0.3, -0.25) is 15.0 Å². The van der Waals surface area contributed by atoms with Crippen molar-refractivity contribution in [1.29, 1.82) is 5.41 Å². The molecule has 140 valence electrons. The van der Waals surface area contributed by atoms with Crippen molar-refractivity contribution in [1.82, 2.24) is 10.6 Å². The summed E-state index contributed by atoms with van der Waals surface area (Å²) in [6.45, 7) is 1.38. The van der Waals surface area contributed by atoms with Gasteiger partial charge in [0.15, 0.2) is 5.96 Å². The molecule has 0 aliphatic heterocycles. The highest BCUT2D eigenvalue weighted by Crippen LogP contribution is 2.09. The molecule has 0 aromatic rings. The van der Waals surface area contributed by atoms with Crippen LogP contribution in [0.2, 0.25) is 0 Å². The van der Waals surface area contributed by atoms with E-state index in [9.17, 15) is 9.59 Å². The van der Waals surface area contributed by atoms with Crippen LogP contribution in [-0.4, -0.2) is 36.0 Å². The Hall–Kier alpha value is -1.79. The molecule has 0 bridgehead atoms. The zero-order valence-corrected chi connectivity index (χ0v) is 14.7. The van der Waals surface area contributed by atoms with Crippen LogP contribution >= 0.6 is 0 Å². The van der Waals surface area contributed by atoms with Gasteiger partial charge in [0.1, 0.15) is 0 Å². The Kier molecular flexibility index (Phi) is 14.9. The smallest absolute Gasteiger partial charge is 0.303 e. The summed E-state index contributed by atoms with van der Waals surface area (Å²) in [5.41, 5.74) is 5.16. The van der Waals surface area contributed by atoms with Crippen LogP contribution in [0.4, 0.5) is 0 Å². The van der Waals surface area contributed by atoms with Gasteiger partial charge in [-0.05, 0) is 25.7 Å². The maximum Gasteiger partial charge on any atom is 0.303 e. The highest BCUT2D eigenvalue weighted by Gasteiger charge is 2.00. The van der Waals surface area contributed by atoms with E-state index < -0.39 is 5.97 Å². The fourth-order valence-corrected chi connectivity index (χ4v) is 2.41. The van der Waals surface area contributed by atoms with Gasteiger partial charge in [0.2, 0.25) is 5.91 Å². The van der Waals surface area contributed by atoms with Crippen molar-refractivity contribution in [2.45, 2.75) is 77.0 Å². The molecule has 0 atom stereocenters. The molecule has 0 saturated heterocycles. The third-order valence-electron chi connectivity index (χ3n) is 3.79. The van der Waals surface area contributed by atoms with E-state index in [-0.39, 0.29) is 18.3 Å². The van der Waals surface area contributed by atoms with E-state index in [0.29, 0.717) is 13.0 Å². The summed E-state index contributed by atoms with van der Waals surface area (Å²) in [7, 11) is 0. The Morgan fingerprint density at radius 1 is 0.750 bits per heavy atom. The van der Waals surface area contributed by atoms with Crippen molar-refractivity contribution in [2.24, 2.45) is 5.73 Å². The molecule has 0 aliphatic rings. The van der Waals surface area contributed by atoms with E-state index in [1.807, 2.05) is 0 Å². The van der Waals surface area contributed by atoms with E-state index >= 15 is 0 Å². The number of carboxylic acid groups (broad SMARTS) is 1. The van der Waals surface area contributed by atoms with E-state index in [1.54, 1.807) is 0 Å². The number of rotatable bonds is 16. The molecule has 7 heteroatoms. The number of carbonyl (C=O) groups excluding carboxylic acids is 1. The third-order valence-corrected chi connectivity index (χ3v) is 3.79. The summed E-state index contributed by atoms with van der Waals surface area (Å²) in [4.78, 5) is 21.9. The molecule has 0 heterocycles. The minimum atomic E-state index is -0.704. The maximum atomic E-state index is 11.6. The quantitative estimate of drug-likeness (QED) is 0.167. The lowest BCUT2D eigenvalue weighted by Crippen LogP contribution is -2.31. The first-order chi connectivity index (χ1) is 11.5. The first-order valence-corrected chi connectivity index (χ1v) is 9.08. The number of guanidine groups is 1. The number of nitrogens with two attached hydrogens (primary N) is 1. The summed E-state index contributed by atoms with van der Waals surface area (Å²) in [5, 5.41) is 21.2. The Labute approximate surface area is 145 Å². The average Bonchev–Trinajstić information content (AvgIpc) is 2.51. The number of carboxylic acids is 1. The monoisotopic (exact) mass is 342 g/mol. The van der Waals surface area contributed by atoms with Gasteiger partial charge in [-0.1, -0.05) is 38.5 Å². The SMILES string of the molecule is N=C(N)NCCCCC(=O)NCCCCCCCCCCC(=O)O. The van der Waals surface area contributed by atoms with E-state index in [4.69, 9.17) is 16.2 Å². The maximum absolute atomic E-state index is 11.6. The lowest BCUT2D eigenvalue weighted by molar-refractivity contribution is -0.137. The fourth-order valence-electron chi connectivity index (χ4n) is 2.41. The molecule has 0 fully saturated rings. The fraction of sp³-hybridized carbons (Fsp3) is 0.824. The molecular weight excluding hydrogens is 308 g/mol. The van der Waals surface area contributed by atoms with Crippen molar-refractivity contribution >= 4 is 17.8 Å². The zero-order chi connectivity index (χ0) is 18.0. The van der Waals surface area contributed by atoms with Gasteiger partial charge >= 0.3 is 5.97 Å². The van der Waals surface area contributed by atoms with Crippen molar-refractivity contribution in [3.05, 3.63) is 0 Å². The third kappa shape index (κ3) is 18.3. The molecule has 0 aromatic heterocycles. The van der Waals surface area contributed by atoms with E-state index in [1.165, 1.54) is 19.3 Å². The van der Waals surface area contributed by atoms with Gasteiger partial charge in [-0.15, -0.1) is 0 Å². The normalized spacial score (nSPS) is 10.3. The molecule has 0 spiro atoms. The molecule has 0 aliphatic carbocycles. The average molecular weight is 342 g/mol. The van der Waals surface area contributed by atoms with Gasteiger partial charge in [-0.2, -0.15) is 0 Å². The van der Waals surface area contributed by atoms with Gasteiger partial charge in [0, 0.05) is 25.9 Å². The van der Waals surface area contributed by atoms with Crippen LogP contribution < -0.4 is 16.4 Å². The van der Waals surface area contributed by atoms with Crippen LogP contribution in [0.3, 0.4) is 0 Å². The van der Waals surface area contributed by atoms with Crippen LogP contribution in [-0.2, 0) is 9.59 Å². The van der Waals surface area contributed by atoms with Gasteiger partial charge in [0.05, 0.1) is 0 Å². The highest BCUT2D eigenvalue weighted by atomic mass is 16.4. The van der Waals surface area contributed by atoms with Crippen molar-refractivity contribution in [3.63, 3.8) is 0 Å². The standard InChI is InChI=1S/C17H34N4O3/c18-17(19)21-14-10-8-11-15(22)20-13-9-6-4-2-1-3-5-7-12-16(23)24/h1-14H2,(H,20,22)(H,23,24)(H4,18,19,21). The van der Waals surface area contributed by atoms with Crippen LogP contribution in [0.25, 0.3) is 0 Å². The molecule has 0 radical (unpaired) electrons. The lowest BCUT2D eigenvalue weighted by Gasteiger charge is -2.06. The van der Waals surface area contributed by atoms with Crippen molar-refractivity contribution < 1.29 is 14.7 Å². The molecule has 0 saturated carbocycles. The summed E-state index contributed by atoms with van der Waals surface area (Å²) in [6.07, 6.45) is 11.0. The van der Waals surface area contributed by atoms with Crippen LogP contribution in [0.15, 0.2) is 0 Å². The predicted octanol–water partition coefficient (Wildman–Crippen LogP) is 2.35. The van der Waals surface area contributed by atoms with Crippen LogP contribution in [0, 0.1) is 5.41 Å². The number of nitrogens with one attached hydrogen (secondary N) is 3. The van der Waals surface area contributed by atoms with Gasteiger partial charge < -0.3 is 21.5 Å². The first-order valence-electron chi connectivity index (χ1n) is 9.08. The Bertz CT molecular complexity index is 362. The Morgan fingerprint density at radius 3 is 1.79 bits per heavy atom. The Morgan fingerprint density at radius 2 is 1.21 bits per heavy atom.